The molecule has 1 rings (SSSR count). The van der Waals surface area contributed by atoms with E-state index in [1.807, 2.05) is 12.1 Å². The first-order chi connectivity index (χ1) is 8.09. The number of rotatable bonds is 7. The summed E-state index contributed by atoms with van der Waals surface area (Å²) in [5.74, 6) is 0. The van der Waals surface area contributed by atoms with Gasteiger partial charge in [0.25, 0.3) is 0 Å². The summed E-state index contributed by atoms with van der Waals surface area (Å²) in [5, 5.41) is 0. The molecule has 0 aliphatic carbocycles. The number of halogens is 2. The van der Waals surface area contributed by atoms with Crippen LogP contribution in [0.5, 0.6) is 0 Å². The van der Waals surface area contributed by atoms with Gasteiger partial charge in [-0.1, -0.05) is 0 Å². The Hall–Kier alpha value is -0.520. The molecule has 1 aromatic rings. The summed E-state index contributed by atoms with van der Waals surface area (Å²) < 4.78 is 20.4. The lowest BCUT2D eigenvalue weighted by atomic mass is 9.94. The fourth-order valence-corrected chi connectivity index (χ4v) is 1.96. The average Bonchev–Trinajstić information content (AvgIpc) is 2.30. The summed E-state index contributed by atoms with van der Waals surface area (Å²) >= 11 is 3.30. The normalized spacial score (nSPS) is 14.6. The molecule has 1 heterocycles. The third-order valence-electron chi connectivity index (χ3n) is 2.52. The standard InChI is InChI=1S/C12H18BrFN2O/c1-17-9-12(14,5-2-6-15)7-11-4-3-10(13)8-16-11/h3-4,8H,2,5-7,9,15H2,1H3. The predicted molar refractivity (Wildman–Crippen MR) is 69.6 cm³/mol. The van der Waals surface area contributed by atoms with Gasteiger partial charge in [-0.2, -0.15) is 0 Å². The number of aromatic nitrogens is 1. The van der Waals surface area contributed by atoms with Crippen molar-refractivity contribution in [1.29, 1.82) is 0 Å². The molecule has 96 valence electrons. The molecule has 1 unspecified atom stereocenters. The fourth-order valence-electron chi connectivity index (χ4n) is 1.72. The molecule has 2 N–H and O–H groups in total. The van der Waals surface area contributed by atoms with Crippen LogP contribution in [-0.4, -0.2) is 30.9 Å². The smallest absolute Gasteiger partial charge is 0.139 e. The van der Waals surface area contributed by atoms with Crippen molar-refractivity contribution < 1.29 is 9.13 Å². The highest BCUT2D eigenvalue weighted by molar-refractivity contribution is 9.10. The molecular weight excluding hydrogens is 287 g/mol. The van der Waals surface area contributed by atoms with Crippen LogP contribution in [0, 0.1) is 0 Å². The van der Waals surface area contributed by atoms with Gasteiger partial charge in [0.05, 0.1) is 6.61 Å². The zero-order valence-corrected chi connectivity index (χ0v) is 11.5. The van der Waals surface area contributed by atoms with E-state index in [1.54, 1.807) is 6.20 Å². The van der Waals surface area contributed by atoms with E-state index in [0.717, 1.165) is 10.2 Å². The largest absolute Gasteiger partial charge is 0.381 e. The number of ether oxygens (including phenoxy) is 1. The third kappa shape index (κ3) is 5.10. The fraction of sp³-hybridized carbons (Fsp3) is 0.583. The van der Waals surface area contributed by atoms with Crippen molar-refractivity contribution in [3.05, 3.63) is 28.5 Å². The molecule has 0 aliphatic rings. The number of alkyl halides is 1. The van der Waals surface area contributed by atoms with Gasteiger partial charge < -0.3 is 10.5 Å². The molecule has 0 bridgehead atoms. The molecule has 0 amide bonds. The highest BCUT2D eigenvalue weighted by atomic mass is 79.9. The second kappa shape index (κ2) is 7.03. The van der Waals surface area contributed by atoms with Gasteiger partial charge in [0, 0.05) is 29.9 Å². The van der Waals surface area contributed by atoms with Crippen molar-refractivity contribution in [3.63, 3.8) is 0 Å². The van der Waals surface area contributed by atoms with Gasteiger partial charge in [-0.15, -0.1) is 0 Å². The Bertz CT molecular complexity index is 334. The van der Waals surface area contributed by atoms with E-state index < -0.39 is 5.67 Å². The highest BCUT2D eigenvalue weighted by Gasteiger charge is 2.30. The minimum absolute atomic E-state index is 0.0742. The Morgan fingerprint density at radius 3 is 2.82 bits per heavy atom. The van der Waals surface area contributed by atoms with Gasteiger partial charge >= 0.3 is 0 Å². The summed E-state index contributed by atoms with van der Waals surface area (Å²) in [6.07, 6.45) is 2.98. The number of methoxy groups -OCH3 is 1. The number of nitrogens with two attached hydrogens (primary N) is 1. The van der Waals surface area contributed by atoms with Gasteiger partial charge in [0.2, 0.25) is 0 Å². The van der Waals surface area contributed by atoms with Crippen molar-refractivity contribution in [3.8, 4) is 0 Å². The maximum absolute atomic E-state index is 14.5. The van der Waals surface area contributed by atoms with Crippen LogP contribution in [0.3, 0.4) is 0 Å². The first kappa shape index (κ1) is 14.5. The lowest BCUT2D eigenvalue weighted by molar-refractivity contribution is 0.0327. The lowest BCUT2D eigenvalue weighted by Gasteiger charge is -2.24. The van der Waals surface area contributed by atoms with Crippen LogP contribution in [0.1, 0.15) is 18.5 Å². The second-order valence-electron chi connectivity index (χ2n) is 4.12. The van der Waals surface area contributed by atoms with Gasteiger partial charge in [0.1, 0.15) is 5.67 Å². The Morgan fingerprint density at radius 2 is 2.29 bits per heavy atom. The van der Waals surface area contributed by atoms with Crippen molar-refractivity contribution >= 4 is 15.9 Å². The summed E-state index contributed by atoms with van der Waals surface area (Å²) in [5.41, 5.74) is 4.76. The zero-order valence-electron chi connectivity index (χ0n) is 9.96. The van der Waals surface area contributed by atoms with E-state index in [4.69, 9.17) is 10.5 Å². The third-order valence-corrected chi connectivity index (χ3v) is 2.99. The quantitative estimate of drug-likeness (QED) is 0.842. The molecule has 0 spiro atoms. The summed E-state index contributed by atoms with van der Waals surface area (Å²) in [7, 11) is 1.51. The SMILES string of the molecule is COCC(F)(CCCN)Cc1ccc(Br)cn1. The highest BCUT2D eigenvalue weighted by Crippen LogP contribution is 2.24. The van der Waals surface area contributed by atoms with Crippen LogP contribution in [-0.2, 0) is 11.2 Å². The van der Waals surface area contributed by atoms with Crippen molar-refractivity contribution in [1.82, 2.24) is 4.98 Å². The molecule has 0 fully saturated rings. The second-order valence-corrected chi connectivity index (χ2v) is 5.04. The zero-order chi connectivity index (χ0) is 12.7. The molecule has 1 atom stereocenters. The topological polar surface area (TPSA) is 48.1 Å². The molecule has 3 nitrogen and oxygen atoms in total. The van der Waals surface area contributed by atoms with Gasteiger partial charge in [-0.05, 0) is 47.4 Å². The maximum Gasteiger partial charge on any atom is 0.139 e. The number of nitrogens with zero attached hydrogens (tertiary/aromatic N) is 1. The Kier molecular flexibility index (Phi) is 6.02. The van der Waals surface area contributed by atoms with Crippen LogP contribution in [0.2, 0.25) is 0 Å². The Balaban J connectivity index is 2.67. The minimum Gasteiger partial charge on any atom is -0.381 e. The van der Waals surface area contributed by atoms with E-state index in [9.17, 15) is 4.39 Å². The van der Waals surface area contributed by atoms with Crippen molar-refractivity contribution in [2.75, 3.05) is 20.3 Å². The monoisotopic (exact) mass is 304 g/mol. The predicted octanol–water partition coefficient (Wildman–Crippen LogP) is 2.48. The van der Waals surface area contributed by atoms with Crippen LogP contribution >= 0.6 is 15.9 Å². The van der Waals surface area contributed by atoms with E-state index in [0.29, 0.717) is 19.4 Å². The minimum atomic E-state index is -1.38. The molecule has 1 aromatic heterocycles. The molecule has 0 aliphatic heterocycles. The summed E-state index contributed by atoms with van der Waals surface area (Å²) in [6.45, 7) is 0.563. The van der Waals surface area contributed by atoms with E-state index in [-0.39, 0.29) is 13.0 Å². The number of pyridine rings is 1. The van der Waals surface area contributed by atoms with Crippen molar-refractivity contribution in [2.45, 2.75) is 24.9 Å². The average molecular weight is 305 g/mol. The molecule has 0 saturated heterocycles. The summed E-state index contributed by atoms with van der Waals surface area (Å²) in [4.78, 5) is 4.18. The molecular formula is C12H18BrFN2O. The maximum atomic E-state index is 14.5. The van der Waals surface area contributed by atoms with Gasteiger partial charge in [0.15, 0.2) is 0 Å². The Morgan fingerprint density at radius 1 is 1.53 bits per heavy atom. The molecule has 17 heavy (non-hydrogen) atoms. The van der Waals surface area contributed by atoms with Crippen LogP contribution in [0.15, 0.2) is 22.8 Å². The summed E-state index contributed by atoms with van der Waals surface area (Å²) in [6, 6.07) is 3.68. The molecule has 0 saturated carbocycles. The first-order valence-corrected chi connectivity index (χ1v) is 6.37. The van der Waals surface area contributed by atoms with E-state index in [1.165, 1.54) is 7.11 Å². The van der Waals surface area contributed by atoms with Crippen LogP contribution < -0.4 is 5.73 Å². The van der Waals surface area contributed by atoms with Gasteiger partial charge in [-0.3, -0.25) is 4.98 Å². The van der Waals surface area contributed by atoms with E-state index in [2.05, 4.69) is 20.9 Å². The Labute approximate surface area is 110 Å². The van der Waals surface area contributed by atoms with Crippen LogP contribution in [0.4, 0.5) is 4.39 Å². The number of hydrogen-bond acceptors (Lipinski definition) is 3. The van der Waals surface area contributed by atoms with E-state index >= 15 is 0 Å². The molecule has 0 radical (unpaired) electrons. The lowest BCUT2D eigenvalue weighted by Crippen LogP contribution is -2.32. The number of hydrogen-bond donors (Lipinski definition) is 1. The van der Waals surface area contributed by atoms with Gasteiger partial charge in [-0.25, -0.2) is 4.39 Å². The first-order valence-electron chi connectivity index (χ1n) is 5.58. The van der Waals surface area contributed by atoms with Crippen molar-refractivity contribution in [2.24, 2.45) is 5.73 Å². The molecule has 0 aromatic carbocycles. The molecule has 5 heteroatoms. The van der Waals surface area contributed by atoms with Crippen LogP contribution in [0.25, 0.3) is 0 Å².